The fourth-order valence-corrected chi connectivity index (χ4v) is 7.72. The van der Waals surface area contributed by atoms with Crippen LogP contribution >= 0.6 is 22.9 Å². The van der Waals surface area contributed by atoms with Gasteiger partial charge in [-0.25, -0.2) is 9.78 Å². The van der Waals surface area contributed by atoms with Crippen molar-refractivity contribution in [2.75, 3.05) is 18.2 Å². The number of hydrogen-bond acceptors (Lipinski definition) is 12. The highest BCUT2D eigenvalue weighted by atomic mass is 35.5. The van der Waals surface area contributed by atoms with Crippen molar-refractivity contribution in [2.45, 2.75) is 63.6 Å². The van der Waals surface area contributed by atoms with Crippen molar-refractivity contribution >= 4 is 87.4 Å². The lowest BCUT2D eigenvalue weighted by Gasteiger charge is -2.49. The Bertz CT molecular complexity index is 1320. The quantitative estimate of drug-likeness (QED) is 0.0727. The lowest BCUT2D eigenvalue weighted by Crippen LogP contribution is -2.66. The molecule has 0 bridgehead atoms. The molecule has 0 N–H and O–H groups in total. The Balaban J connectivity index is 1.85. The first-order valence-electron chi connectivity index (χ1n) is 12.8. The van der Waals surface area contributed by atoms with Gasteiger partial charge in [0.15, 0.2) is 25.8 Å². The summed E-state index contributed by atoms with van der Waals surface area (Å²) in [5.74, 6) is -3.44. The zero-order valence-electron chi connectivity index (χ0n) is 24.1. The Morgan fingerprint density at radius 1 is 1.40 bits per heavy atom. The van der Waals surface area contributed by atoms with E-state index < -0.39 is 54.1 Å². The molecule has 0 saturated carbocycles. The zero-order valence-corrected chi connectivity index (χ0v) is 27.5. The summed E-state index contributed by atoms with van der Waals surface area (Å²) in [5, 5.41) is 5.27. The van der Waals surface area contributed by atoms with E-state index in [9.17, 15) is 23.4 Å². The number of rotatable bonds is 14. The number of oxime groups is 1. The van der Waals surface area contributed by atoms with Crippen LogP contribution in [-0.4, -0.2) is 97.4 Å². The first-order chi connectivity index (χ1) is 19.7. The van der Waals surface area contributed by atoms with Crippen molar-refractivity contribution in [1.29, 1.82) is 0 Å². The minimum Gasteiger partial charge on any atom is -0.539 e. The first kappa shape index (κ1) is 34.2. The Hall–Kier alpha value is -2.33. The van der Waals surface area contributed by atoms with E-state index in [4.69, 9.17) is 33.6 Å². The van der Waals surface area contributed by atoms with E-state index in [1.807, 2.05) is 13.1 Å². The molecule has 1 aromatic heterocycles. The van der Waals surface area contributed by atoms with E-state index in [2.05, 4.69) is 35.6 Å². The number of carbonyl (C=O) groups excluding carboxylic acids is 4. The maximum absolute atomic E-state index is 13.6. The molecule has 0 aromatic carbocycles. The number of carbonyl (C=O) groups is 4. The van der Waals surface area contributed by atoms with Crippen LogP contribution in [0.1, 0.15) is 37.9 Å². The number of amides is 1. The molecule has 4 atom stereocenters. The van der Waals surface area contributed by atoms with Crippen LogP contribution in [0.3, 0.4) is 0 Å². The molecule has 0 spiro atoms. The molecule has 3 radical (unpaired) electrons. The van der Waals surface area contributed by atoms with Gasteiger partial charge in [-0.1, -0.05) is 25.9 Å². The Labute approximate surface area is 258 Å². The first-order valence-corrected chi connectivity index (χ1v) is 18.5. The molecule has 1 aromatic rings. The summed E-state index contributed by atoms with van der Waals surface area (Å²) < 4.78 is 28.3. The van der Waals surface area contributed by atoms with E-state index >= 15 is 0 Å². The van der Waals surface area contributed by atoms with Gasteiger partial charge in [-0.2, -0.15) is 0 Å². The predicted octanol–water partition coefficient (Wildman–Crippen LogP) is 1.94. The van der Waals surface area contributed by atoms with Crippen molar-refractivity contribution in [1.82, 2.24) is 9.88 Å². The number of fused-ring (bicyclic) bond motifs is 1. The molecule has 42 heavy (non-hydrogen) atoms. The molecule has 1 amide bonds. The number of β-lactam (4-membered cyclic amide) rings is 1. The second-order valence-corrected chi connectivity index (χ2v) is 18.8. The molecule has 0 aliphatic carbocycles. The number of aromatic nitrogens is 1. The molecule has 1 unspecified atom stereocenters. The van der Waals surface area contributed by atoms with Gasteiger partial charge in [-0.3, -0.25) is 23.5 Å². The summed E-state index contributed by atoms with van der Waals surface area (Å²) >= 11 is 7.19. The molecule has 18 heteroatoms. The molecule has 2 aliphatic heterocycles. The highest BCUT2D eigenvalue weighted by molar-refractivity contribution is 7.86. The van der Waals surface area contributed by atoms with Gasteiger partial charge in [-0.15, -0.1) is 22.9 Å². The second kappa shape index (κ2) is 14.0. The van der Waals surface area contributed by atoms with Crippen LogP contribution in [0.5, 0.6) is 0 Å². The van der Waals surface area contributed by atoms with Gasteiger partial charge in [0.2, 0.25) is 5.91 Å². The molecule has 3 rings (SSSR count). The number of halogens is 1. The van der Waals surface area contributed by atoms with Gasteiger partial charge in [0, 0.05) is 28.5 Å². The Kier molecular flexibility index (Phi) is 11.4. The fourth-order valence-electron chi connectivity index (χ4n) is 4.00. The Morgan fingerprint density at radius 3 is 2.64 bits per heavy atom. The van der Waals surface area contributed by atoms with Gasteiger partial charge in [0.1, 0.15) is 16.8 Å². The maximum Gasteiger partial charge on any atom is 0.423 e. The van der Waals surface area contributed by atoms with E-state index in [0.29, 0.717) is 5.01 Å². The molecule has 1 fully saturated rings. The SMILES string of the molecule is [B]OC(=O)C1=C(CCl)CS(=O)[C@@H]2[C@H](CC(=O)/C(=N\O[C@H]([B]OC=O)CO[Si](C)(C)C(C)(C)C)c3csc(C)n3)C(=O)N12. The van der Waals surface area contributed by atoms with E-state index in [0.717, 1.165) is 12.4 Å². The number of ketones is 1. The zero-order chi connectivity index (χ0) is 31.4. The summed E-state index contributed by atoms with van der Waals surface area (Å²) in [6.07, 6.45) is -0.384. The number of nitrogens with zero attached hydrogens (tertiary/aromatic N) is 3. The van der Waals surface area contributed by atoms with Crippen LogP contribution in [-0.2, 0) is 48.6 Å². The molecule has 1 saturated heterocycles. The molecule has 2 aliphatic rings. The van der Waals surface area contributed by atoms with Gasteiger partial charge in [0.05, 0.1) is 23.3 Å². The monoisotopic (exact) mass is 654 g/mol. The van der Waals surface area contributed by atoms with Crippen LogP contribution in [0.4, 0.5) is 0 Å². The molecule has 3 heterocycles. The third-order valence-corrected chi connectivity index (χ3v) is 14.6. The molecular weight excluding hydrogens is 624 g/mol. The number of alkyl halides is 1. The van der Waals surface area contributed by atoms with Gasteiger partial charge in [0.25, 0.3) is 6.47 Å². The summed E-state index contributed by atoms with van der Waals surface area (Å²) in [4.78, 5) is 60.8. The smallest absolute Gasteiger partial charge is 0.423 e. The summed E-state index contributed by atoms with van der Waals surface area (Å²) in [6, 6.07) is -0.956. The van der Waals surface area contributed by atoms with Gasteiger partial charge >= 0.3 is 21.5 Å². The average Bonchev–Trinajstić information content (AvgIpc) is 3.36. The van der Waals surface area contributed by atoms with Crippen molar-refractivity contribution in [2.24, 2.45) is 11.1 Å². The molecular formula is C24H31B2ClN3O9S2Si. The van der Waals surface area contributed by atoms with E-state index in [-0.39, 0.29) is 58.8 Å². The predicted molar refractivity (Wildman–Crippen MR) is 161 cm³/mol. The third-order valence-electron chi connectivity index (χ3n) is 7.29. The van der Waals surface area contributed by atoms with Crippen molar-refractivity contribution in [3.63, 3.8) is 0 Å². The minimum absolute atomic E-state index is 0.00220. The van der Waals surface area contributed by atoms with Crippen LogP contribution < -0.4 is 0 Å². The molecule has 225 valence electrons. The topological polar surface area (TPSA) is 151 Å². The maximum atomic E-state index is 13.6. The standard InChI is InChI=1S/C24H31B2ClN3O9S2Si/c1-13-28-16(10-40-13)19(29-39-18(26-36-12-31)9-37-42(5,6)24(2,3)4)17(32)7-15-21(33)30-20(23(34)38-25)14(8-27)11-41(35)22(15)30/h10,12,15,18,22H,7-9,11H2,1-6H3/b29-19-/t15-,18+,22-,41?/m1/s1. The van der Waals surface area contributed by atoms with Gasteiger partial charge < -0.3 is 18.6 Å². The summed E-state index contributed by atoms with van der Waals surface area (Å²) in [5.41, 5.74) is 0.136. The highest BCUT2D eigenvalue weighted by Crippen LogP contribution is 2.41. The largest absolute Gasteiger partial charge is 0.539 e. The number of thiazole rings is 1. The van der Waals surface area contributed by atoms with Crippen LogP contribution in [0, 0.1) is 12.8 Å². The summed E-state index contributed by atoms with van der Waals surface area (Å²) in [6.45, 7) is 12.2. The normalized spacial score (nSPS) is 21.7. The lowest BCUT2D eigenvalue weighted by atomic mass is 9.89. The van der Waals surface area contributed by atoms with Crippen molar-refractivity contribution < 1.29 is 42.0 Å². The molecule has 12 nitrogen and oxygen atoms in total. The number of Topliss-reactive ketones (excluding diaryl/α,β-unsaturated/α-hetero) is 1. The fraction of sp³-hybridized carbons (Fsp3) is 0.583. The summed E-state index contributed by atoms with van der Waals surface area (Å²) in [7, 11) is 2.29. The van der Waals surface area contributed by atoms with Gasteiger partial charge in [-0.05, 0) is 30.6 Å². The average molecular weight is 655 g/mol. The van der Waals surface area contributed by atoms with E-state index in [1.54, 1.807) is 12.3 Å². The third kappa shape index (κ3) is 7.41. The van der Waals surface area contributed by atoms with E-state index in [1.165, 1.54) is 11.3 Å². The Morgan fingerprint density at radius 2 is 2.10 bits per heavy atom. The number of aryl methyl sites for hydroxylation is 1. The second-order valence-electron chi connectivity index (χ2n) is 11.1. The lowest BCUT2D eigenvalue weighted by molar-refractivity contribution is -0.153. The van der Waals surface area contributed by atoms with Crippen molar-refractivity contribution in [3.05, 3.63) is 27.4 Å². The van der Waals surface area contributed by atoms with Crippen LogP contribution in [0.2, 0.25) is 18.1 Å². The highest BCUT2D eigenvalue weighted by Gasteiger charge is 2.57. The van der Waals surface area contributed by atoms with Crippen LogP contribution in [0.15, 0.2) is 21.8 Å². The number of hydrogen-bond donors (Lipinski definition) is 0. The van der Waals surface area contributed by atoms with Crippen LogP contribution in [0.25, 0.3) is 0 Å². The van der Waals surface area contributed by atoms with Crippen molar-refractivity contribution in [3.8, 4) is 0 Å². The minimum atomic E-state index is -2.21.